The van der Waals surface area contributed by atoms with Gasteiger partial charge in [0.05, 0.1) is 22.2 Å². The second-order valence-corrected chi connectivity index (χ2v) is 15.3. The predicted molar refractivity (Wildman–Crippen MR) is 232 cm³/mol. The molecule has 10 aromatic rings. The third-order valence-electron chi connectivity index (χ3n) is 11.9. The standard InChI is InChI=1S/C52H38N2O/c1-4-36-38-18-8-11-21-46(38)54(35-26-27-37-41-28-29-42-40-20-10-13-24-49(40)55-51(42)50(41)52(2,3)44(37)32-35)45(36)23-14-15-33-25-30-48-43(31-33)39-19-9-12-22-47(39)53(48)34-16-6-5-7-17-34/h4-14,16-32H,1,15H2,2-3H3/b23-14-. The molecule has 3 aromatic heterocycles. The Morgan fingerprint density at radius 3 is 2.09 bits per heavy atom. The van der Waals surface area contributed by atoms with Gasteiger partial charge < -0.3 is 13.6 Å². The van der Waals surface area contributed by atoms with Crippen molar-refractivity contribution in [2.24, 2.45) is 0 Å². The number of allylic oxidation sites excluding steroid dienone is 1. The van der Waals surface area contributed by atoms with E-state index in [1.54, 1.807) is 0 Å². The van der Waals surface area contributed by atoms with Crippen LogP contribution >= 0.6 is 0 Å². The SMILES string of the molecule is C=Cc1c(/C=C\Cc2ccc3c(c2)c2ccccc2n3-c2ccccc2)n(-c2ccc3c(c2)C(C)(C)c2c-3ccc3c2oc2ccccc23)c2ccccc12. The maximum atomic E-state index is 6.59. The van der Waals surface area contributed by atoms with Crippen LogP contribution in [0.3, 0.4) is 0 Å². The van der Waals surface area contributed by atoms with Gasteiger partial charge in [-0.05, 0) is 95.4 Å². The molecule has 0 aliphatic heterocycles. The maximum Gasteiger partial charge on any atom is 0.140 e. The third-order valence-corrected chi connectivity index (χ3v) is 11.9. The summed E-state index contributed by atoms with van der Waals surface area (Å²) in [7, 11) is 0. The van der Waals surface area contributed by atoms with Gasteiger partial charge in [-0.1, -0.05) is 124 Å². The van der Waals surface area contributed by atoms with Crippen molar-refractivity contribution in [3.63, 3.8) is 0 Å². The molecule has 3 heterocycles. The van der Waals surface area contributed by atoms with Crippen LogP contribution in [0.2, 0.25) is 0 Å². The number of aromatic nitrogens is 2. The molecule has 1 aliphatic rings. The molecule has 0 spiro atoms. The summed E-state index contributed by atoms with van der Waals surface area (Å²) in [6.07, 6.45) is 7.41. The number of rotatable bonds is 6. The molecule has 262 valence electrons. The molecule has 0 fully saturated rings. The van der Waals surface area contributed by atoms with Crippen LogP contribution < -0.4 is 0 Å². The monoisotopic (exact) mass is 706 g/mol. The van der Waals surface area contributed by atoms with Gasteiger partial charge in [0.25, 0.3) is 0 Å². The van der Waals surface area contributed by atoms with E-state index in [0.29, 0.717) is 0 Å². The Bertz CT molecular complexity index is 3220. The van der Waals surface area contributed by atoms with E-state index in [-0.39, 0.29) is 5.41 Å². The van der Waals surface area contributed by atoms with E-state index < -0.39 is 0 Å². The highest BCUT2D eigenvalue weighted by Gasteiger charge is 2.39. The molecular weight excluding hydrogens is 669 g/mol. The van der Waals surface area contributed by atoms with Crippen LogP contribution in [-0.2, 0) is 11.8 Å². The van der Waals surface area contributed by atoms with E-state index in [1.165, 1.54) is 77.0 Å². The quantitative estimate of drug-likeness (QED) is 0.169. The normalized spacial score (nSPS) is 13.5. The summed E-state index contributed by atoms with van der Waals surface area (Å²) >= 11 is 0. The molecule has 0 atom stereocenters. The van der Waals surface area contributed by atoms with Crippen LogP contribution in [0.15, 0.2) is 169 Å². The molecule has 1 aliphatic carbocycles. The lowest BCUT2D eigenvalue weighted by Gasteiger charge is -2.22. The minimum absolute atomic E-state index is 0.253. The molecule has 55 heavy (non-hydrogen) atoms. The number of fused-ring (bicyclic) bond motifs is 11. The minimum Gasteiger partial charge on any atom is -0.456 e. The first-order chi connectivity index (χ1) is 27.0. The lowest BCUT2D eigenvalue weighted by molar-refractivity contribution is 0.619. The zero-order valence-electron chi connectivity index (χ0n) is 30.9. The molecule has 0 saturated carbocycles. The molecule has 11 rings (SSSR count). The summed E-state index contributed by atoms with van der Waals surface area (Å²) in [5.74, 6) is 0. The number of hydrogen-bond donors (Lipinski definition) is 0. The first kappa shape index (κ1) is 31.7. The zero-order chi connectivity index (χ0) is 36.8. The zero-order valence-corrected chi connectivity index (χ0v) is 30.9. The van der Waals surface area contributed by atoms with Gasteiger partial charge in [0, 0.05) is 54.8 Å². The van der Waals surface area contributed by atoms with Gasteiger partial charge in [0.15, 0.2) is 0 Å². The van der Waals surface area contributed by atoms with Crippen LogP contribution in [0, 0.1) is 0 Å². The van der Waals surface area contributed by atoms with E-state index in [4.69, 9.17) is 4.42 Å². The molecule has 0 unspecified atom stereocenters. The van der Waals surface area contributed by atoms with Gasteiger partial charge >= 0.3 is 0 Å². The van der Waals surface area contributed by atoms with E-state index >= 15 is 0 Å². The van der Waals surface area contributed by atoms with Crippen molar-refractivity contribution in [3.05, 3.63) is 192 Å². The molecule has 7 aromatic carbocycles. The lowest BCUT2D eigenvalue weighted by atomic mass is 9.81. The second kappa shape index (κ2) is 11.8. The Kier molecular flexibility index (Phi) is 6.81. The molecular formula is C52H38N2O. The van der Waals surface area contributed by atoms with Crippen LogP contribution in [0.1, 0.15) is 41.8 Å². The van der Waals surface area contributed by atoms with E-state index in [2.05, 4.69) is 187 Å². The van der Waals surface area contributed by atoms with Crippen molar-refractivity contribution in [1.82, 2.24) is 9.13 Å². The number of para-hydroxylation sites is 4. The summed E-state index contributed by atoms with van der Waals surface area (Å²) in [4.78, 5) is 0. The van der Waals surface area contributed by atoms with Crippen molar-refractivity contribution in [2.75, 3.05) is 0 Å². The Morgan fingerprint density at radius 2 is 1.27 bits per heavy atom. The summed E-state index contributed by atoms with van der Waals surface area (Å²) in [6.45, 7) is 8.98. The summed E-state index contributed by atoms with van der Waals surface area (Å²) in [5, 5.41) is 6.08. The molecule has 3 heteroatoms. The van der Waals surface area contributed by atoms with Crippen molar-refractivity contribution in [2.45, 2.75) is 25.7 Å². The maximum absolute atomic E-state index is 6.59. The van der Waals surface area contributed by atoms with E-state index in [0.717, 1.165) is 34.5 Å². The highest BCUT2D eigenvalue weighted by molar-refractivity contribution is 6.10. The number of nitrogens with zero attached hydrogens (tertiary/aromatic N) is 2. The highest BCUT2D eigenvalue weighted by Crippen LogP contribution is 2.53. The molecule has 0 saturated heterocycles. The minimum atomic E-state index is -0.253. The third kappa shape index (κ3) is 4.56. The average molecular weight is 707 g/mol. The average Bonchev–Trinajstić information content (AvgIpc) is 3.93. The van der Waals surface area contributed by atoms with Crippen molar-refractivity contribution in [1.29, 1.82) is 0 Å². The van der Waals surface area contributed by atoms with Gasteiger partial charge in [0.2, 0.25) is 0 Å². The second-order valence-electron chi connectivity index (χ2n) is 15.3. The molecule has 0 radical (unpaired) electrons. The topological polar surface area (TPSA) is 23.0 Å². The first-order valence-electron chi connectivity index (χ1n) is 19.1. The Labute approximate surface area is 319 Å². The number of furan rings is 1. The summed E-state index contributed by atoms with van der Waals surface area (Å²) in [5.41, 5.74) is 16.2. The fraction of sp³-hybridized carbons (Fsp3) is 0.0769. The largest absolute Gasteiger partial charge is 0.456 e. The lowest BCUT2D eigenvalue weighted by Crippen LogP contribution is -2.16. The Balaban J connectivity index is 1.01. The fourth-order valence-electron chi connectivity index (χ4n) is 9.44. The van der Waals surface area contributed by atoms with Gasteiger partial charge in [-0.15, -0.1) is 0 Å². The van der Waals surface area contributed by atoms with Crippen molar-refractivity contribution < 1.29 is 4.42 Å². The van der Waals surface area contributed by atoms with Crippen LogP contribution in [0.5, 0.6) is 0 Å². The van der Waals surface area contributed by atoms with Crippen LogP contribution in [0.25, 0.3) is 89.3 Å². The van der Waals surface area contributed by atoms with E-state index in [1.807, 2.05) is 12.1 Å². The number of hydrogen-bond acceptors (Lipinski definition) is 1. The van der Waals surface area contributed by atoms with Crippen LogP contribution in [-0.4, -0.2) is 9.13 Å². The molecule has 0 amide bonds. The fourth-order valence-corrected chi connectivity index (χ4v) is 9.44. The summed E-state index contributed by atoms with van der Waals surface area (Å²) < 4.78 is 11.4. The predicted octanol–water partition coefficient (Wildman–Crippen LogP) is 13.8. The van der Waals surface area contributed by atoms with Gasteiger partial charge in [-0.2, -0.15) is 0 Å². The van der Waals surface area contributed by atoms with Gasteiger partial charge in [-0.3, -0.25) is 0 Å². The van der Waals surface area contributed by atoms with Gasteiger partial charge in [0.1, 0.15) is 11.2 Å². The van der Waals surface area contributed by atoms with Crippen LogP contribution in [0.4, 0.5) is 0 Å². The van der Waals surface area contributed by atoms with Crippen molar-refractivity contribution in [3.8, 4) is 22.5 Å². The molecule has 0 N–H and O–H groups in total. The summed E-state index contributed by atoms with van der Waals surface area (Å²) in [6, 6.07) is 54.8. The smallest absolute Gasteiger partial charge is 0.140 e. The first-order valence-corrected chi connectivity index (χ1v) is 19.1. The highest BCUT2D eigenvalue weighted by atomic mass is 16.3. The van der Waals surface area contributed by atoms with Gasteiger partial charge in [-0.25, -0.2) is 0 Å². The Morgan fingerprint density at radius 1 is 0.582 bits per heavy atom. The molecule has 3 nitrogen and oxygen atoms in total. The Hall–Kier alpha value is -6.84. The van der Waals surface area contributed by atoms with E-state index in [9.17, 15) is 0 Å². The molecule has 0 bridgehead atoms. The number of benzene rings is 7. The van der Waals surface area contributed by atoms with Crippen molar-refractivity contribution >= 4 is 66.8 Å².